The van der Waals surface area contributed by atoms with E-state index in [-0.39, 0.29) is 17.3 Å². The van der Waals surface area contributed by atoms with E-state index in [0.29, 0.717) is 0 Å². The summed E-state index contributed by atoms with van der Waals surface area (Å²) in [4.78, 5) is 10.3. The zero-order chi connectivity index (χ0) is 15.9. The third-order valence-electron chi connectivity index (χ3n) is 2.41. The quantitative estimate of drug-likeness (QED) is 0.557. The minimum atomic E-state index is -3.80. The van der Waals surface area contributed by atoms with Gasteiger partial charge in [0.2, 0.25) is 10.0 Å². The van der Waals surface area contributed by atoms with Crippen LogP contribution in [0.3, 0.4) is 0 Å². The molecule has 1 atom stereocenters. The molecular formula is C12H17NO7S. The maximum atomic E-state index is 12.0. The Morgan fingerprint density at radius 2 is 1.95 bits per heavy atom. The second kappa shape index (κ2) is 7.93. The lowest BCUT2D eigenvalue weighted by molar-refractivity contribution is -0.139. The molecule has 21 heavy (non-hydrogen) atoms. The van der Waals surface area contributed by atoms with Crippen LogP contribution < -0.4 is 9.46 Å². The number of rotatable bonds is 9. The van der Waals surface area contributed by atoms with Crippen molar-refractivity contribution in [3.05, 3.63) is 24.3 Å². The van der Waals surface area contributed by atoms with Crippen LogP contribution in [0.2, 0.25) is 0 Å². The highest BCUT2D eigenvalue weighted by atomic mass is 32.2. The Morgan fingerprint density at radius 1 is 1.33 bits per heavy atom. The number of carbonyl (C=O) groups is 1. The highest BCUT2D eigenvalue weighted by Gasteiger charge is 2.19. The molecule has 0 fully saturated rings. The number of aliphatic hydroxyl groups is 1. The van der Waals surface area contributed by atoms with Crippen molar-refractivity contribution in [3.8, 4) is 5.75 Å². The number of carboxylic acids is 1. The number of aliphatic hydroxyl groups excluding tert-OH is 1. The third-order valence-corrected chi connectivity index (χ3v) is 3.94. The van der Waals surface area contributed by atoms with Crippen molar-refractivity contribution >= 4 is 16.0 Å². The van der Waals surface area contributed by atoms with Gasteiger partial charge < -0.3 is 19.7 Å². The van der Waals surface area contributed by atoms with Crippen molar-refractivity contribution in [2.45, 2.75) is 10.9 Å². The predicted molar refractivity (Wildman–Crippen MR) is 72.6 cm³/mol. The molecule has 0 aliphatic carbocycles. The van der Waals surface area contributed by atoms with E-state index >= 15 is 0 Å². The minimum absolute atomic E-state index is 0.0280. The number of sulfonamides is 1. The van der Waals surface area contributed by atoms with E-state index in [4.69, 9.17) is 19.7 Å². The molecule has 0 heterocycles. The maximum absolute atomic E-state index is 12.0. The number of carboxylic acid groups (broad SMARTS) is 1. The van der Waals surface area contributed by atoms with Crippen LogP contribution in [-0.4, -0.2) is 57.6 Å². The first kappa shape index (κ1) is 17.4. The predicted octanol–water partition coefficient (Wildman–Crippen LogP) is -0.564. The smallest absolute Gasteiger partial charge is 0.341 e. The molecule has 0 aliphatic rings. The van der Waals surface area contributed by atoms with Crippen LogP contribution in [0.5, 0.6) is 5.75 Å². The minimum Gasteiger partial charge on any atom is -0.482 e. The number of nitrogens with one attached hydrogen (secondary N) is 1. The maximum Gasteiger partial charge on any atom is 0.341 e. The number of ether oxygens (including phenoxy) is 2. The molecular weight excluding hydrogens is 302 g/mol. The number of benzene rings is 1. The number of aliphatic carboxylic acids is 1. The van der Waals surface area contributed by atoms with Crippen molar-refractivity contribution < 1.29 is 32.9 Å². The van der Waals surface area contributed by atoms with Gasteiger partial charge in [0.15, 0.2) is 6.61 Å². The van der Waals surface area contributed by atoms with Gasteiger partial charge in [0.1, 0.15) is 5.75 Å². The van der Waals surface area contributed by atoms with Crippen LogP contribution >= 0.6 is 0 Å². The monoisotopic (exact) mass is 319 g/mol. The Bertz CT molecular complexity index is 555. The molecule has 0 amide bonds. The summed E-state index contributed by atoms with van der Waals surface area (Å²) in [7, 11) is -2.41. The lowest BCUT2D eigenvalue weighted by Crippen LogP contribution is -2.40. The largest absolute Gasteiger partial charge is 0.482 e. The Balaban J connectivity index is 2.77. The zero-order valence-electron chi connectivity index (χ0n) is 11.4. The summed E-state index contributed by atoms with van der Waals surface area (Å²) in [5, 5.41) is 17.5. The van der Waals surface area contributed by atoms with Gasteiger partial charge in [-0.2, -0.15) is 0 Å². The van der Waals surface area contributed by atoms with Gasteiger partial charge in [0.25, 0.3) is 0 Å². The average Bonchev–Trinajstić information content (AvgIpc) is 2.45. The summed E-state index contributed by atoms with van der Waals surface area (Å²) >= 11 is 0. The zero-order valence-corrected chi connectivity index (χ0v) is 12.2. The van der Waals surface area contributed by atoms with Gasteiger partial charge >= 0.3 is 5.97 Å². The standard InChI is InChI=1S/C12H17NO7S/c1-19-7-9(6-14)13-21(17,18)11-4-2-10(3-5-11)20-8-12(15)16/h2-5,9,13-14H,6-8H2,1H3,(H,15,16). The Morgan fingerprint density at radius 3 is 2.43 bits per heavy atom. The van der Waals surface area contributed by atoms with Crippen LogP contribution in [0.15, 0.2) is 29.2 Å². The molecule has 1 unspecified atom stereocenters. The fraction of sp³-hybridized carbons (Fsp3) is 0.417. The Hall–Kier alpha value is -1.68. The van der Waals surface area contributed by atoms with Crippen LogP contribution in [0, 0.1) is 0 Å². The summed E-state index contributed by atoms with van der Waals surface area (Å²) in [5.74, 6) is -0.884. The summed E-state index contributed by atoms with van der Waals surface area (Å²) in [6.45, 7) is -0.868. The SMILES string of the molecule is COCC(CO)NS(=O)(=O)c1ccc(OCC(=O)O)cc1. The van der Waals surface area contributed by atoms with Crippen LogP contribution in [0.25, 0.3) is 0 Å². The molecule has 0 spiro atoms. The number of hydrogen-bond donors (Lipinski definition) is 3. The highest BCUT2D eigenvalue weighted by Crippen LogP contribution is 2.16. The summed E-state index contributed by atoms with van der Waals surface area (Å²) in [5.41, 5.74) is 0. The molecule has 1 rings (SSSR count). The average molecular weight is 319 g/mol. The first-order valence-electron chi connectivity index (χ1n) is 5.96. The van der Waals surface area contributed by atoms with Gasteiger partial charge in [0.05, 0.1) is 24.2 Å². The van der Waals surface area contributed by atoms with Gasteiger partial charge in [-0.15, -0.1) is 0 Å². The van der Waals surface area contributed by atoms with E-state index in [0.717, 1.165) is 0 Å². The van der Waals surface area contributed by atoms with Crippen molar-refractivity contribution in [2.24, 2.45) is 0 Å². The molecule has 118 valence electrons. The second-order valence-corrected chi connectivity index (χ2v) is 5.82. The molecule has 0 bridgehead atoms. The molecule has 1 aromatic rings. The molecule has 3 N–H and O–H groups in total. The van der Waals surface area contributed by atoms with Crippen molar-refractivity contribution in [1.29, 1.82) is 0 Å². The van der Waals surface area contributed by atoms with Crippen molar-refractivity contribution in [1.82, 2.24) is 4.72 Å². The third kappa shape index (κ3) is 5.68. The van der Waals surface area contributed by atoms with Gasteiger partial charge in [-0.25, -0.2) is 17.9 Å². The molecule has 9 heteroatoms. The van der Waals surface area contributed by atoms with Crippen LogP contribution in [0.1, 0.15) is 0 Å². The van der Waals surface area contributed by atoms with Crippen LogP contribution in [0.4, 0.5) is 0 Å². The molecule has 8 nitrogen and oxygen atoms in total. The summed E-state index contributed by atoms with van der Waals surface area (Å²) in [6, 6.07) is 4.51. The van der Waals surface area contributed by atoms with Gasteiger partial charge in [-0.1, -0.05) is 0 Å². The normalized spacial score (nSPS) is 12.9. The second-order valence-electron chi connectivity index (χ2n) is 4.11. The van der Waals surface area contributed by atoms with E-state index in [2.05, 4.69) is 4.72 Å². The molecule has 0 saturated carbocycles. The first-order chi connectivity index (χ1) is 9.89. The fourth-order valence-corrected chi connectivity index (χ4v) is 2.68. The van der Waals surface area contributed by atoms with Crippen LogP contribution in [-0.2, 0) is 19.6 Å². The van der Waals surface area contributed by atoms with E-state index in [1.807, 2.05) is 0 Å². The molecule has 0 radical (unpaired) electrons. The van der Waals surface area contributed by atoms with Crippen molar-refractivity contribution in [2.75, 3.05) is 26.9 Å². The number of hydrogen-bond acceptors (Lipinski definition) is 6. The summed E-state index contributed by atoms with van der Waals surface area (Å²) in [6.07, 6.45) is 0. The Kier molecular flexibility index (Phi) is 6.56. The molecule has 0 saturated heterocycles. The van der Waals surface area contributed by atoms with Crippen molar-refractivity contribution in [3.63, 3.8) is 0 Å². The van der Waals surface area contributed by atoms with E-state index in [1.54, 1.807) is 0 Å². The first-order valence-corrected chi connectivity index (χ1v) is 7.44. The van der Waals surface area contributed by atoms with Gasteiger partial charge in [-0.05, 0) is 24.3 Å². The molecule has 1 aromatic carbocycles. The molecule has 0 aromatic heterocycles. The van der Waals surface area contributed by atoms with Gasteiger partial charge in [-0.3, -0.25) is 0 Å². The lowest BCUT2D eigenvalue weighted by atomic mass is 10.3. The van der Waals surface area contributed by atoms with Gasteiger partial charge in [0, 0.05) is 7.11 Å². The summed E-state index contributed by atoms with van der Waals surface area (Å²) < 4.78 is 36.1. The van der Waals surface area contributed by atoms with E-state index < -0.39 is 35.2 Å². The van der Waals surface area contributed by atoms with E-state index in [1.165, 1.54) is 31.4 Å². The fourth-order valence-electron chi connectivity index (χ4n) is 1.47. The number of methoxy groups -OCH3 is 1. The highest BCUT2D eigenvalue weighted by molar-refractivity contribution is 7.89. The Labute approximate surface area is 122 Å². The molecule has 0 aliphatic heterocycles. The topological polar surface area (TPSA) is 122 Å². The lowest BCUT2D eigenvalue weighted by Gasteiger charge is -2.15. The van der Waals surface area contributed by atoms with E-state index in [9.17, 15) is 13.2 Å².